The molecule has 1 saturated heterocycles. The summed E-state index contributed by atoms with van der Waals surface area (Å²) in [5, 5.41) is 8.21. The third kappa shape index (κ3) is 2.17. The van der Waals surface area contributed by atoms with Crippen LogP contribution in [0, 0.1) is 0 Å². The lowest BCUT2D eigenvalue weighted by molar-refractivity contribution is -0.0374. The van der Waals surface area contributed by atoms with Gasteiger partial charge in [0.05, 0.1) is 30.6 Å². The van der Waals surface area contributed by atoms with Crippen molar-refractivity contribution in [3.63, 3.8) is 0 Å². The van der Waals surface area contributed by atoms with Crippen LogP contribution in [-0.2, 0) is 17.8 Å². The summed E-state index contributed by atoms with van der Waals surface area (Å²) in [5.41, 5.74) is 2.20. The summed E-state index contributed by atoms with van der Waals surface area (Å²) in [5.74, 6) is 0.790. The Morgan fingerprint density at radius 1 is 1.29 bits per heavy atom. The van der Waals surface area contributed by atoms with Gasteiger partial charge in [-0.1, -0.05) is 12.1 Å². The van der Waals surface area contributed by atoms with Crippen molar-refractivity contribution in [1.82, 2.24) is 25.0 Å². The summed E-state index contributed by atoms with van der Waals surface area (Å²) in [6.07, 6.45) is 7.73. The molecule has 0 saturated carbocycles. The highest BCUT2D eigenvalue weighted by Gasteiger charge is 2.37. The first kappa shape index (κ1) is 12.7. The summed E-state index contributed by atoms with van der Waals surface area (Å²) < 4.78 is 7.92. The van der Waals surface area contributed by atoms with E-state index in [9.17, 15) is 0 Å². The second kappa shape index (κ2) is 5.07. The summed E-state index contributed by atoms with van der Waals surface area (Å²) in [6.45, 7) is 4.44. The monoisotopic (exact) mass is 286 g/mol. The Labute approximate surface area is 123 Å². The number of hydrogen-bond acceptors (Lipinski definition) is 6. The molecule has 2 aromatic rings. The molecule has 4 heterocycles. The van der Waals surface area contributed by atoms with Crippen molar-refractivity contribution in [2.75, 3.05) is 18.0 Å². The molecule has 0 N–H and O–H groups in total. The van der Waals surface area contributed by atoms with Gasteiger partial charge < -0.3 is 9.64 Å². The van der Waals surface area contributed by atoms with Gasteiger partial charge in [0.15, 0.2) is 0 Å². The van der Waals surface area contributed by atoms with Gasteiger partial charge in [0.2, 0.25) is 5.95 Å². The van der Waals surface area contributed by atoms with Crippen molar-refractivity contribution in [3.8, 4) is 0 Å². The van der Waals surface area contributed by atoms with Crippen LogP contribution < -0.4 is 4.90 Å². The minimum Gasteiger partial charge on any atom is -0.370 e. The maximum Gasteiger partial charge on any atom is 0.225 e. The molecule has 110 valence electrons. The summed E-state index contributed by atoms with van der Waals surface area (Å²) in [7, 11) is 0. The van der Waals surface area contributed by atoms with Crippen molar-refractivity contribution in [2.24, 2.45) is 0 Å². The molecule has 1 fully saturated rings. The molecule has 0 unspecified atom stereocenters. The van der Waals surface area contributed by atoms with Crippen molar-refractivity contribution in [1.29, 1.82) is 0 Å². The van der Waals surface area contributed by atoms with E-state index in [4.69, 9.17) is 4.74 Å². The molecule has 0 radical (unpaired) electrons. The molecule has 7 nitrogen and oxygen atoms in total. The lowest BCUT2D eigenvalue weighted by Gasteiger charge is -2.40. The van der Waals surface area contributed by atoms with Gasteiger partial charge in [-0.2, -0.15) is 0 Å². The molecule has 4 rings (SSSR count). The second-order valence-corrected chi connectivity index (χ2v) is 5.57. The number of anilines is 1. The zero-order chi connectivity index (χ0) is 14.2. The van der Waals surface area contributed by atoms with Gasteiger partial charge in [0.25, 0.3) is 0 Å². The van der Waals surface area contributed by atoms with Crippen LogP contribution in [0.5, 0.6) is 0 Å². The summed E-state index contributed by atoms with van der Waals surface area (Å²) in [6, 6.07) is 0.194. The van der Waals surface area contributed by atoms with Crippen LogP contribution in [0.1, 0.15) is 30.6 Å². The van der Waals surface area contributed by atoms with E-state index in [1.807, 2.05) is 17.1 Å². The first-order valence-electron chi connectivity index (χ1n) is 7.41. The number of rotatable bonds is 2. The van der Waals surface area contributed by atoms with Gasteiger partial charge in [-0.3, -0.25) is 0 Å². The van der Waals surface area contributed by atoms with E-state index in [0.29, 0.717) is 6.61 Å². The van der Waals surface area contributed by atoms with Crippen LogP contribution in [0.2, 0.25) is 0 Å². The molecule has 0 bridgehead atoms. The highest BCUT2D eigenvalue weighted by Crippen LogP contribution is 2.31. The number of aryl methyl sites for hydroxylation is 1. The van der Waals surface area contributed by atoms with E-state index < -0.39 is 0 Å². The number of nitrogens with zero attached hydrogens (tertiary/aromatic N) is 6. The molecule has 2 aliphatic rings. The highest BCUT2D eigenvalue weighted by atomic mass is 16.5. The number of hydrogen-bond donors (Lipinski definition) is 0. The van der Waals surface area contributed by atoms with Crippen molar-refractivity contribution < 1.29 is 4.74 Å². The number of ether oxygens (including phenoxy) is 1. The minimum atomic E-state index is 0.194. The van der Waals surface area contributed by atoms with E-state index in [1.54, 1.807) is 6.20 Å². The molecular weight excluding hydrogens is 268 g/mol. The Morgan fingerprint density at radius 3 is 2.95 bits per heavy atom. The Morgan fingerprint density at radius 2 is 2.14 bits per heavy atom. The fourth-order valence-electron chi connectivity index (χ4n) is 3.05. The molecule has 2 aliphatic heterocycles. The van der Waals surface area contributed by atoms with Crippen molar-refractivity contribution >= 4 is 5.95 Å². The third-order valence-electron chi connectivity index (χ3n) is 4.31. The summed E-state index contributed by atoms with van der Waals surface area (Å²) >= 11 is 0. The average molecular weight is 286 g/mol. The molecular formula is C14H18N6O. The molecule has 21 heavy (non-hydrogen) atoms. The zero-order valence-electron chi connectivity index (χ0n) is 12.0. The van der Waals surface area contributed by atoms with Crippen LogP contribution >= 0.6 is 0 Å². The predicted octanol–water partition coefficient (Wildman–Crippen LogP) is 0.981. The van der Waals surface area contributed by atoms with Gasteiger partial charge in [0, 0.05) is 25.5 Å². The van der Waals surface area contributed by atoms with Crippen molar-refractivity contribution in [3.05, 3.63) is 29.8 Å². The molecule has 0 aromatic carbocycles. The van der Waals surface area contributed by atoms with E-state index in [0.717, 1.165) is 43.1 Å². The largest absolute Gasteiger partial charge is 0.370 e. The molecule has 0 aliphatic carbocycles. The van der Waals surface area contributed by atoms with Gasteiger partial charge in [-0.15, -0.1) is 5.10 Å². The Kier molecular flexibility index (Phi) is 3.07. The number of fused-ring (bicyclic) bond motifs is 3. The van der Waals surface area contributed by atoms with Gasteiger partial charge in [-0.25, -0.2) is 14.6 Å². The van der Waals surface area contributed by atoms with E-state index >= 15 is 0 Å². The molecule has 2 aromatic heterocycles. The lowest BCUT2D eigenvalue weighted by atomic mass is 10.0. The van der Waals surface area contributed by atoms with Crippen LogP contribution in [0.3, 0.4) is 0 Å². The van der Waals surface area contributed by atoms with E-state index in [1.165, 1.54) is 0 Å². The fraction of sp³-hybridized carbons (Fsp3) is 0.571. The molecule has 0 spiro atoms. The van der Waals surface area contributed by atoms with Crippen LogP contribution in [-0.4, -0.2) is 44.2 Å². The first-order chi connectivity index (χ1) is 10.3. The SMILES string of the molecule is CCc1cnc(N2CC[C@@H]3OCc4cnnn4[C@@H]3C2)nc1. The Balaban J connectivity index is 1.57. The summed E-state index contributed by atoms with van der Waals surface area (Å²) in [4.78, 5) is 11.2. The molecule has 0 amide bonds. The van der Waals surface area contributed by atoms with Crippen LogP contribution in [0.15, 0.2) is 18.6 Å². The highest BCUT2D eigenvalue weighted by molar-refractivity contribution is 5.31. The number of aromatic nitrogens is 5. The van der Waals surface area contributed by atoms with Gasteiger partial charge in [-0.05, 0) is 18.4 Å². The van der Waals surface area contributed by atoms with E-state index in [-0.39, 0.29) is 12.1 Å². The maximum atomic E-state index is 5.92. The lowest BCUT2D eigenvalue weighted by Crippen LogP contribution is -2.48. The normalized spacial score (nSPS) is 24.5. The second-order valence-electron chi connectivity index (χ2n) is 5.57. The Bertz CT molecular complexity index is 625. The van der Waals surface area contributed by atoms with Gasteiger partial charge >= 0.3 is 0 Å². The van der Waals surface area contributed by atoms with Crippen LogP contribution in [0.25, 0.3) is 0 Å². The molecule has 7 heteroatoms. The number of piperidine rings is 1. The Hall–Kier alpha value is -2.02. The van der Waals surface area contributed by atoms with Crippen LogP contribution in [0.4, 0.5) is 5.95 Å². The predicted molar refractivity (Wildman–Crippen MR) is 75.9 cm³/mol. The minimum absolute atomic E-state index is 0.194. The molecule has 2 atom stereocenters. The first-order valence-corrected chi connectivity index (χ1v) is 7.41. The van der Waals surface area contributed by atoms with E-state index in [2.05, 4.69) is 32.1 Å². The van der Waals surface area contributed by atoms with Gasteiger partial charge in [0.1, 0.15) is 0 Å². The average Bonchev–Trinajstić information content (AvgIpc) is 3.03. The quantitative estimate of drug-likeness (QED) is 0.819. The fourth-order valence-corrected chi connectivity index (χ4v) is 3.05. The topological polar surface area (TPSA) is 69.0 Å². The van der Waals surface area contributed by atoms with Crippen molar-refractivity contribution in [2.45, 2.75) is 38.5 Å². The maximum absolute atomic E-state index is 5.92. The standard InChI is InChI=1S/C14H18N6O/c1-2-10-5-15-14(16-6-10)19-4-3-13-12(8-19)20-11(9-21-13)7-17-18-20/h5-7,12-13H,2-4,8-9H2,1H3/t12-,13+/m1/s1. The zero-order valence-corrected chi connectivity index (χ0v) is 12.0. The smallest absolute Gasteiger partial charge is 0.225 e. The third-order valence-corrected chi connectivity index (χ3v) is 4.31.